The molecule has 2 saturated heterocycles. The molecule has 0 radical (unpaired) electrons. The molecule has 31 heavy (non-hydrogen) atoms. The predicted molar refractivity (Wildman–Crippen MR) is 122 cm³/mol. The molecular formula is C24H32N6O. The first-order valence-corrected chi connectivity index (χ1v) is 11.2. The van der Waals surface area contributed by atoms with Crippen LogP contribution in [0.25, 0.3) is 11.0 Å². The summed E-state index contributed by atoms with van der Waals surface area (Å²) in [6.07, 6.45) is 7.00. The minimum atomic E-state index is 0.0927. The van der Waals surface area contributed by atoms with Gasteiger partial charge in [0.05, 0.1) is 11.3 Å². The summed E-state index contributed by atoms with van der Waals surface area (Å²) in [5.74, 6) is 0.607. The normalized spacial score (nSPS) is 24.0. The number of nitrogens with zero attached hydrogens (tertiary/aromatic N) is 5. The van der Waals surface area contributed by atoms with E-state index < -0.39 is 0 Å². The van der Waals surface area contributed by atoms with Crippen molar-refractivity contribution in [2.24, 2.45) is 11.3 Å². The third-order valence-electron chi connectivity index (χ3n) is 6.87. The Kier molecular flexibility index (Phi) is 6.10. The summed E-state index contributed by atoms with van der Waals surface area (Å²) in [5, 5.41) is 12.7. The van der Waals surface area contributed by atoms with E-state index in [1.165, 1.54) is 0 Å². The maximum atomic E-state index is 12.9. The number of anilines is 1. The number of fused-ring (bicyclic) bond motifs is 1. The minimum Gasteiger partial charge on any atom is -0.367 e. The molecule has 1 aromatic carbocycles. The molecule has 2 aliphatic heterocycles. The van der Waals surface area contributed by atoms with E-state index in [-0.39, 0.29) is 17.4 Å². The lowest BCUT2D eigenvalue weighted by Crippen LogP contribution is -2.51. The summed E-state index contributed by atoms with van der Waals surface area (Å²) < 4.78 is 0. The zero-order chi connectivity index (χ0) is 22.0. The Morgan fingerprint density at radius 3 is 2.65 bits per heavy atom. The fourth-order valence-corrected chi connectivity index (χ4v) is 5.04. The molecule has 1 aromatic heterocycles. The number of hydrogen-bond donors (Lipinski definition) is 1. The first-order chi connectivity index (χ1) is 14.9. The number of rotatable bonds is 4. The van der Waals surface area contributed by atoms with Crippen LogP contribution in [0.4, 0.5) is 5.69 Å². The SMILES string of the molecule is C[C@H]1C[C@@H](NC(=O)CC2(C)CCN(C)CC2)CN(c2ccc(C#N)c3nccnc23)C1. The second-order valence-corrected chi connectivity index (χ2v) is 9.80. The molecule has 2 aromatic rings. The second kappa shape index (κ2) is 8.80. The number of benzene rings is 1. The smallest absolute Gasteiger partial charge is 0.220 e. The molecule has 2 aliphatic rings. The summed E-state index contributed by atoms with van der Waals surface area (Å²) >= 11 is 0. The lowest BCUT2D eigenvalue weighted by atomic mass is 9.77. The third kappa shape index (κ3) is 4.80. The van der Waals surface area contributed by atoms with Gasteiger partial charge >= 0.3 is 0 Å². The van der Waals surface area contributed by atoms with Crippen LogP contribution in [0.2, 0.25) is 0 Å². The molecule has 4 rings (SSSR count). The Labute approximate surface area is 184 Å². The number of likely N-dealkylation sites (tertiary alicyclic amines) is 1. The molecule has 7 heteroatoms. The van der Waals surface area contributed by atoms with E-state index >= 15 is 0 Å². The number of piperidine rings is 2. The van der Waals surface area contributed by atoms with Crippen molar-refractivity contribution in [3.63, 3.8) is 0 Å². The van der Waals surface area contributed by atoms with E-state index in [0.717, 1.165) is 56.6 Å². The highest BCUT2D eigenvalue weighted by Crippen LogP contribution is 2.34. The van der Waals surface area contributed by atoms with Crippen molar-refractivity contribution < 1.29 is 4.79 Å². The van der Waals surface area contributed by atoms with Crippen molar-refractivity contribution in [1.29, 1.82) is 5.26 Å². The van der Waals surface area contributed by atoms with Crippen LogP contribution in [0.1, 0.15) is 45.1 Å². The van der Waals surface area contributed by atoms with Crippen molar-refractivity contribution in [3.8, 4) is 6.07 Å². The maximum Gasteiger partial charge on any atom is 0.220 e. The predicted octanol–water partition coefficient (Wildman–Crippen LogP) is 2.95. The van der Waals surface area contributed by atoms with Crippen LogP contribution in [0.15, 0.2) is 24.5 Å². The van der Waals surface area contributed by atoms with Gasteiger partial charge in [-0.05, 0) is 62.9 Å². The number of aromatic nitrogens is 2. The number of nitriles is 1. The van der Waals surface area contributed by atoms with Gasteiger partial charge in [-0.1, -0.05) is 13.8 Å². The zero-order valence-corrected chi connectivity index (χ0v) is 18.8. The van der Waals surface area contributed by atoms with E-state index in [4.69, 9.17) is 0 Å². The van der Waals surface area contributed by atoms with Gasteiger partial charge in [0.15, 0.2) is 0 Å². The molecule has 3 heterocycles. The van der Waals surface area contributed by atoms with Gasteiger partial charge in [-0.3, -0.25) is 14.8 Å². The molecule has 2 fully saturated rings. The molecule has 2 atom stereocenters. The molecule has 0 saturated carbocycles. The van der Waals surface area contributed by atoms with Crippen molar-refractivity contribution in [2.45, 2.75) is 45.6 Å². The monoisotopic (exact) mass is 420 g/mol. The molecule has 0 spiro atoms. The van der Waals surface area contributed by atoms with Crippen LogP contribution in [-0.2, 0) is 4.79 Å². The van der Waals surface area contributed by atoms with Crippen molar-refractivity contribution in [1.82, 2.24) is 20.2 Å². The van der Waals surface area contributed by atoms with Gasteiger partial charge in [-0.2, -0.15) is 5.26 Å². The quantitative estimate of drug-likeness (QED) is 0.819. The van der Waals surface area contributed by atoms with Crippen LogP contribution >= 0.6 is 0 Å². The molecule has 7 nitrogen and oxygen atoms in total. The minimum absolute atomic E-state index is 0.0927. The third-order valence-corrected chi connectivity index (χ3v) is 6.87. The topological polar surface area (TPSA) is 85.2 Å². The fourth-order valence-electron chi connectivity index (χ4n) is 5.04. The Hall–Kier alpha value is -2.72. The van der Waals surface area contributed by atoms with Gasteiger partial charge in [0.25, 0.3) is 0 Å². The summed E-state index contributed by atoms with van der Waals surface area (Å²) in [4.78, 5) is 26.4. The van der Waals surface area contributed by atoms with Crippen LogP contribution in [0.5, 0.6) is 0 Å². The number of amides is 1. The van der Waals surface area contributed by atoms with Gasteiger partial charge in [0.1, 0.15) is 17.1 Å². The average molecular weight is 421 g/mol. The lowest BCUT2D eigenvalue weighted by Gasteiger charge is -2.40. The van der Waals surface area contributed by atoms with Crippen molar-refractivity contribution >= 4 is 22.6 Å². The molecule has 1 amide bonds. The van der Waals surface area contributed by atoms with Crippen LogP contribution in [-0.4, -0.2) is 60.0 Å². The van der Waals surface area contributed by atoms with E-state index in [1.54, 1.807) is 12.4 Å². The Bertz CT molecular complexity index is 991. The van der Waals surface area contributed by atoms with Gasteiger partial charge in [-0.25, -0.2) is 0 Å². The number of carbonyl (C=O) groups is 1. The number of nitrogens with one attached hydrogen (secondary N) is 1. The van der Waals surface area contributed by atoms with E-state index in [9.17, 15) is 10.1 Å². The highest BCUT2D eigenvalue weighted by atomic mass is 16.1. The van der Waals surface area contributed by atoms with E-state index in [1.807, 2.05) is 12.1 Å². The standard InChI is InChI=1S/C24H32N6O/c1-17-12-19(28-21(31)13-24(2)6-10-29(3)11-7-24)16-30(15-17)20-5-4-18(14-25)22-23(20)27-9-8-26-22/h4-5,8-9,17,19H,6-7,10-13,15-16H2,1-3H3,(H,28,31)/t17-,19+/m0/s1. The van der Waals surface area contributed by atoms with Crippen LogP contribution in [0, 0.1) is 22.7 Å². The van der Waals surface area contributed by atoms with Gasteiger partial charge in [0, 0.05) is 37.9 Å². The molecule has 0 bridgehead atoms. The lowest BCUT2D eigenvalue weighted by molar-refractivity contribution is -0.124. The van der Waals surface area contributed by atoms with Gasteiger partial charge < -0.3 is 15.1 Å². The Morgan fingerprint density at radius 2 is 1.94 bits per heavy atom. The van der Waals surface area contributed by atoms with Crippen molar-refractivity contribution in [3.05, 3.63) is 30.1 Å². The summed E-state index contributed by atoms with van der Waals surface area (Å²) in [5.41, 5.74) is 2.99. The molecule has 164 valence electrons. The number of carbonyl (C=O) groups excluding carboxylic acids is 1. The fraction of sp³-hybridized carbons (Fsp3) is 0.583. The molecule has 1 N–H and O–H groups in total. The molecule has 0 unspecified atom stereocenters. The molecule has 0 aliphatic carbocycles. The van der Waals surface area contributed by atoms with E-state index in [2.05, 4.69) is 52.0 Å². The summed E-state index contributed by atoms with van der Waals surface area (Å²) in [6.45, 7) is 8.23. The summed E-state index contributed by atoms with van der Waals surface area (Å²) in [7, 11) is 2.15. The summed E-state index contributed by atoms with van der Waals surface area (Å²) in [6, 6.07) is 6.10. The first-order valence-electron chi connectivity index (χ1n) is 11.2. The number of hydrogen-bond acceptors (Lipinski definition) is 6. The van der Waals surface area contributed by atoms with Crippen LogP contribution in [0.3, 0.4) is 0 Å². The largest absolute Gasteiger partial charge is 0.367 e. The van der Waals surface area contributed by atoms with Crippen LogP contribution < -0.4 is 10.2 Å². The maximum absolute atomic E-state index is 12.9. The first kappa shape index (κ1) is 21.5. The Balaban J connectivity index is 1.47. The average Bonchev–Trinajstić information content (AvgIpc) is 2.74. The highest BCUT2D eigenvalue weighted by Gasteiger charge is 2.33. The zero-order valence-electron chi connectivity index (χ0n) is 18.8. The van der Waals surface area contributed by atoms with Gasteiger partial charge in [0.2, 0.25) is 5.91 Å². The Morgan fingerprint density at radius 1 is 1.23 bits per heavy atom. The second-order valence-electron chi connectivity index (χ2n) is 9.80. The molecular weight excluding hydrogens is 388 g/mol. The van der Waals surface area contributed by atoms with Crippen molar-refractivity contribution in [2.75, 3.05) is 38.1 Å². The van der Waals surface area contributed by atoms with E-state index in [0.29, 0.717) is 23.4 Å². The highest BCUT2D eigenvalue weighted by molar-refractivity contribution is 5.92. The van der Waals surface area contributed by atoms with Gasteiger partial charge in [-0.15, -0.1) is 0 Å².